The summed E-state index contributed by atoms with van der Waals surface area (Å²) < 4.78 is 1.85. The second kappa shape index (κ2) is 13.0. The van der Waals surface area contributed by atoms with Crippen LogP contribution in [0.4, 0.5) is 16.3 Å². The molecule has 0 unspecified atom stereocenters. The van der Waals surface area contributed by atoms with Crippen molar-refractivity contribution in [1.29, 1.82) is 0 Å². The Hall–Kier alpha value is -4.09. The number of urea groups is 1. The Morgan fingerprint density at radius 2 is 1.73 bits per heavy atom. The first-order valence-corrected chi connectivity index (χ1v) is 13.3. The number of carbonyl (C=O) groups excluding carboxylic acids is 3. The van der Waals surface area contributed by atoms with Gasteiger partial charge in [0.1, 0.15) is 0 Å². The van der Waals surface area contributed by atoms with Crippen molar-refractivity contribution in [2.24, 2.45) is 0 Å². The zero-order chi connectivity index (χ0) is 29.0. The van der Waals surface area contributed by atoms with Crippen molar-refractivity contribution in [2.75, 3.05) is 31.3 Å². The van der Waals surface area contributed by atoms with Crippen molar-refractivity contribution < 1.29 is 14.4 Å². The monoisotopic (exact) mass is 577 g/mol. The van der Waals surface area contributed by atoms with Crippen LogP contribution < -0.4 is 16.0 Å². The molecule has 1 aromatic heterocycles. The lowest BCUT2D eigenvalue weighted by Gasteiger charge is -2.35. The van der Waals surface area contributed by atoms with Gasteiger partial charge in [0.05, 0.1) is 23.8 Å². The first kappa shape index (κ1) is 31.4. The second-order valence-corrected chi connectivity index (χ2v) is 10.5. The maximum absolute atomic E-state index is 13.7. The van der Waals surface area contributed by atoms with Crippen molar-refractivity contribution in [3.8, 4) is 0 Å². The molecule has 41 heavy (non-hydrogen) atoms. The van der Waals surface area contributed by atoms with Gasteiger partial charge in [0.2, 0.25) is 5.91 Å². The number of amides is 4. The molecule has 0 fully saturated rings. The molecule has 2 aromatic carbocycles. The Kier molecular flexibility index (Phi) is 10.0. The van der Waals surface area contributed by atoms with Crippen LogP contribution in [0.2, 0.25) is 0 Å². The fraction of sp³-hybridized carbons (Fsp3) is 0.333. The molecule has 0 radical (unpaired) electrons. The number of nitrogens with zero attached hydrogens (tertiary/aromatic N) is 4. The van der Waals surface area contributed by atoms with Crippen LogP contribution in [0.25, 0.3) is 0 Å². The van der Waals surface area contributed by atoms with E-state index in [0.29, 0.717) is 36.7 Å². The molecule has 0 spiro atoms. The zero-order valence-corrected chi connectivity index (χ0v) is 25.2. The summed E-state index contributed by atoms with van der Waals surface area (Å²) in [6.45, 7) is 11.0. The molecule has 1 aliphatic heterocycles. The van der Waals surface area contributed by atoms with E-state index in [2.05, 4.69) is 27.6 Å². The highest BCUT2D eigenvalue weighted by Gasteiger charge is 2.45. The number of aryl methyl sites for hydroxylation is 1. The highest BCUT2D eigenvalue weighted by Crippen LogP contribution is 2.42. The van der Waals surface area contributed by atoms with E-state index in [-0.39, 0.29) is 37.4 Å². The van der Waals surface area contributed by atoms with Gasteiger partial charge in [-0.3, -0.25) is 14.3 Å². The number of anilines is 2. The molecule has 4 amide bonds. The largest absolute Gasteiger partial charge is 0.330 e. The minimum absolute atomic E-state index is 0. The van der Waals surface area contributed by atoms with Crippen molar-refractivity contribution in [1.82, 2.24) is 24.9 Å². The van der Waals surface area contributed by atoms with E-state index >= 15 is 0 Å². The van der Waals surface area contributed by atoms with Gasteiger partial charge in [-0.05, 0) is 70.8 Å². The first-order valence-electron chi connectivity index (χ1n) is 13.3. The van der Waals surface area contributed by atoms with Crippen molar-refractivity contribution in [3.63, 3.8) is 0 Å². The Labute approximate surface area is 248 Å². The van der Waals surface area contributed by atoms with E-state index in [1.54, 1.807) is 29.2 Å². The first-order chi connectivity index (χ1) is 19.0. The molecule has 3 N–H and O–H groups in total. The summed E-state index contributed by atoms with van der Waals surface area (Å²) in [5.41, 5.74) is 3.06. The average Bonchev–Trinajstić information content (AvgIpc) is 3.43. The van der Waals surface area contributed by atoms with Crippen molar-refractivity contribution in [2.45, 2.75) is 45.4 Å². The maximum Gasteiger partial charge on any atom is 0.319 e. The van der Waals surface area contributed by atoms with Crippen molar-refractivity contribution in [3.05, 3.63) is 89.6 Å². The quantitative estimate of drug-likeness (QED) is 0.325. The molecule has 2 heterocycles. The van der Waals surface area contributed by atoms with Crippen LogP contribution >= 0.6 is 13.5 Å². The van der Waals surface area contributed by atoms with E-state index in [0.717, 1.165) is 16.8 Å². The molecule has 11 heteroatoms. The Balaban J connectivity index is 0.00000462. The summed E-state index contributed by atoms with van der Waals surface area (Å²) in [4.78, 5) is 42.2. The number of nitrogens with one attached hydrogen (secondary N) is 3. The maximum atomic E-state index is 13.7. The van der Waals surface area contributed by atoms with E-state index in [9.17, 15) is 14.4 Å². The number of hydrogen-bond acceptors (Lipinski definition) is 5. The SMILES string of the molecule is C=CC(=O)Nc1ccc(C(=O)Nc2nn(CC)c3c2CN(C(=O)N[C@H](CN(C)C)c2ccccc2)C3(C)C)cc1.S. The van der Waals surface area contributed by atoms with E-state index < -0.39 is 5.54 Å². The summed E-state index contributed by atoms with van der Waals surface area (Å²) in [5, 5.41) is 13.5. The Morgan fingerprint density at radius 3 is 2.32 bits per heavy atom. The minimum Gasteiger partial charge on any atom is -0.330 e. The molecule has 10 nitrogen and oxygen atoms in total. The summed E-state index contributed by atoms with van der Waals surface area (Å²) in [6.07, 6.45) is 1.18. The third-order valence-corrected chi connectivity index (χ3v) is 7.05. The summed E-state index contributed by atoms with van der Waals surface area (Å²) in [6, 6.07) is 16.1. The van der Waals surface area contributed by atoms with E-state index in [4.69, 9.17) is 0 Å². The lowest BCUT2D eigenvalue weighted by molar-refractivity contribution is -0.111. The van der Waals surface area contributed by atoms with Gasteiger partial charge in [0.15, 0.2) is 5.82 Å². The fourth-order valence-electron chi connectivity index (χ4n) is 5.06. The number of aromatic nitrogens is 2. The van der Waals surface area contributed by atoms with Crippen LogP contribution in [-0.4, -0.2) is 58.1 Å². The Bertz CT molecular complexity index is 1400. The highest BCUT2D eigenvalue weighted by molar-refractivity contribution is 7.59. The number of carbonyl (C=O) groups is 3. The van der Waals surface area contributed by atoms with Crippen LogP contribution in [0, 0.1) is 0 Å². The smallest absolute Gasteiger partial charge is 0.319 e. The van der Waals surface area contributed by atoms with E-state index in [1.165, 1.54) is 6.08 Å². The Morgan fingerprint density at radius 1 is 1.07 bits per heavy atom. The predicted molar refractivity (Wildman–Crippen MR) is 166 cm³/mol. The fourth-order valence-corrected chi connectivity index (χ4v) is 5.06. The number of fused-ring (bicyclic) bond motifs is 1. The van der Waals surface area contributed by atoms with Gasteiger partial charge in [-0.2, -0.15) is 18.6 Å². The molecule has 1 atom stereocenters. The summed E-state index contributed by atoms with van der Waals surface area (Å²) >= 11 is 0. The zero-order valence-electron chi connectivity index (χ0n) is 24.2. The lowest BCUT2D eigenvalue weighted by atomic mass is 10.00. The molecule has 0 bridgehead atoms. The molecule has 4 rings (SSSR count). The highest BCUT2D eigenvalue weighted by atomic mass is 32.1. The molecule has 0 aliphatic carbocycles. The topological polar surface area (TPSA) is 112 Å². The number of benzene rings is 2. The molecule has 0 saturated heterocycles. The number of likely N-dealkylation sites (N-methyl/N-ethyl adjacent to an activating group) is 1. The number of hydrogen-bond donors (Lipinski definition) is 3. The summed E-state index contributed by atoms with van der Waals surface area (Å²) in [5.74, 6) is -0.228. The number of rotatable bonds is 9. The molecular weight excluding hydrogens is 538 g/mol. The van der Waals surface area contributed by atoms with Gasteiger partial charge in [-0.25, -0.2) is 4.79 Å². The minimum atomic E-state index is -0.657. The van der Waals surface area contributed by atoms with E-state index in [1.807, 2.05) is 74.8 Å². The average molecular weight is 578 g/mol. The van der Waals surface area contributed by atoms with Crippen molar-refractivity contribution >= 4 is 42.8 Å². The molecule has 0 saturated carbocycles. The predicted octanol–water partition coefficient (Wildman–Crippen LogP) is 4.46. The van der Waals surface area contributed by atoms with Gasteiger partial charge in [0.25, 0.3) is 5.91 Å². The molecule has 1 aliphatic rings. The van der Waals surface area contributed by atoms with Crippen LogP contribution in [-0.2, 0) is 23.4 Å². The van der Waals surface area contributed by atoms with Gasteiger partial charge in [-0.1, -0.05) is 36.9 Å². The van der Waals surface area contributed by atoms with Crippen LogP contribution in [0.1, 0.15) is 54.0 Å². The molecule has 218 valence electrons. The van der Waals surface area contributed by atoms with Crippen LogP contribution in [0.5, 0.6) is 0 Å². The third-order valence-electron chi connectivity index (χ3n) is 7.05. The van der Waals surface area contributed by atoms with Crippen LogP contribution in [0.15, 0.2) is 67.3 Å². The lowest BCUT2D eigenvalue weighted by Crippen LogP contribution is -2.49. The van der Waals surface area contributed by atoms with Crippen LogP contribution in [0.3, 0.4) is 0 Å². The van der Waals surface area contributed by atoms with Gasteiger partial charge >= 0.3 is 6.03 Å². The van der Waals surface area contributed by atoms with Gasteiger partial charge in [0, 0.05) is 29.9 Å². The molecular formula is C30H39N7O3S. The normalized spacial score (nSPS) is 14.0. The van der Waals surface area contributed by atoms with Gasteiger partial charge in [-0.15, -0.1) is 0 Å². The second-order valence-electron chi connectivity index (χ2n) is 10.5. The summed E-state index contributed by atoms with van der Waals surface area (Å²) in [7, 11) is 3.96. The van der Waals surface area contributed by atoms with Gasteiger partial charge < -0.3 is 25.8 Å². The molecule has 3 aromatic rings. The standard InChI is InChI=1S/C30H37N7O3.H2S/c1-7-25(38)31-22-16-14-21(15-17-22)28(39)33-27-23-18-36(30(3,4)26(23)37(8-2)34-27)29(40)32-24(19-35(5)6)20-12-10-9-11-13-20;/h7,9-17,24H,1,8,18-19H2,2-6H3,(H,31,38)(H,32,40)(H,33,34,39);1H2/t24-;/m1./s1. The third kappa shape index (κ3) is 6.80.